The summed E-state index contributed by atoms with van der Waals surface area (Å²) < 4.78 is 1.10. The van der Waals surface area contributed by atoms with Crippen LogP contribution in [0.4, 0.5) is 0 Å². The Morgan fingerprint density at radius 2 is 1.88 bits per heavy atom. The number of hydrogen-bond acceptors (Lipinski definition) is 4. The molecular formula is C19H20N4O2. The van der Waals surface area contributed by atoms with Crippen molar-refractivity contribution in [3.8, 4) is 0 Å². The summed E-state index contributed by atoms with van der Waals surface area (Å²) in [6.07, 6.45) is 0. The molecule has 0 radical (unpaired) electrons. The monoisotopic (exact) mass is 336 g/mol. The summed E-state index contributed by atoms with van der Waals surface area (Å²) in [5.74, 6) is -0.280. The second kappa shape index (κ2) is 6.84. The van der Waals surface area contributed by atoms with Crippen LogP contribution < -0.4 is 10.9 Å². The van der Waals surface area contributed by atoms with Crippen molar-refractivity contribution in [1.82, 2.24) is 20.3 Å². The molecule has 1 aromatic heterocycles. The van der Waals surface area contributed by atoms with Gasteiger partial charge in [0, 0.05) is 0 Å². The van der Waals surface area contributed by atoms with Crippen molar-refractivity contribution >= 4 is 16.8 Å². The lowest BCUT2D eigenvalue weighted by atomic mass is 10.1. The van der Waals surface area contributed by atoms with Crippen molar-refractivity contribution < 1.29 is 4.79 Å². The predicted octanol–water partition coefficient (Wildman–Crippen LogP) is 2.29. The van der Waals surface area contributed by atoms with Gasteiger partial charge in [-0.3, -0.25) is 9.59 Å². The van der Waals surface area contributed by atoms with Gasteiger partial charge in [0.15, 0.2) is 0 Å². The molecule has 6 nitrogen and oxygen atoms in total. The van der Waals surface area contributed by atoms with Gasteiger partial charge in [-0.25, -0.2) is 4.68 Å². The number of amides is 1. The topological polar surface area (TPSA) is 76.9 Å². The smallest absolute Gasteiger partial charge is 0.278 e. The van der Waals surface area contributed by atoms with Gasteiger partial charge in [0.25, 0.3) is 5.56 Å². The van der Waals surface area contributed by atoms with E-state index in [0.29, 0.717) is 10.9 Å². The molecule has 0 aliphatic carbocycles. The summed E-state index contributed by atoms with van der Waals surface area (Å²) in [5, 5.41) is 11.3. The van der Waals surface area contributed by atoms with Crippen LogP contribution in [0.15, 0.2) is 47.3 Å². The van der Waals surface area contributed by atoms with Gasteiger partial charge in [0.05, 0.1) is 11.4 Å². The van der Waals surface area contributed by atoms with Crippen LogP contribution in [-0.4, -0.2) is 20.9 Å². The van der Waals surface area contributed by atoms with E-state index in [1.165, 1.54) is 0 Å². The summed E-state index contributed by atoms with van der Waals surface area (Å²) in [6, 6.07) is 13.2. The van der Waals surface area contributed by atoms with E-state index in [4.69, 9.17) is 0 Å². The molecule has 0 saturated carbocycles. The molecule has 0 fully saturated rings. The number of nitrogens with zero attached hydrogens (tertiary/aromatic N) is 3. The van der Waals surface area contributed by atoms with Gasteiger partial charge in [-0.1, -0.05) is 47.2 Å². The van der Waals surface area contributed by atoms with E-state index in [-0.39, 0.29) is 24.1 Å². The van der Waals surface area contributed by atoms with Crippen LogP contribution in [0.25, 0.3) is 10.9 Å². The van der Waals surface area contributed by atoms with Crippen molar-refractivity contribution in [3.63, 3.8) is 0 Å². The third-order valence-corrected chi connectivity index (χ3v) is 4.21. The fraction of sp³-hybridized carbons (Fsp3) is 0.263. The maximum absolute atomic E-state index is 12.6. The lowest BCUT2D eigenvalue weighted by molar-refractivity contribution is -0.122. The standard InChI is InChI=1S/C19H20N4O2/c1-12-7-9-15(10-8-12)14(3)20-17(24)11-23-19(25)18-13(2)5-4-6-16(18)21-22-23/h4-10,14H,11H2,1-3H3,(H,20,24)/t14-/m0/s1. The normalized spacial score (nSPS) is 12.1. The second-order valence-electron chi connectivity index (χ2n) is 6.22. The summed E-state index contributed by atoms with van der Waals surface area (Å²) in [6.45, 7) is 5.60. The van der Waals surface area contributed by atoms with E-state index in [2.05, 4.69) is 15.6 Å². The summed E-state index contributed by atoms with van der Waals surface area (Å²) >= 11 is 0. The van der Waals surface area contributed by atoms with Crippen LogP contribution in [0.5, 0.6) is 0 Å². The number of carbonyl (C=O) groups is 1. The fourth-order valence-electron chi connectivity index (χ4n) is 2.75. The first-order valence-corrected chi connectivity index (χ1v) is 8.15. The second-order valence-corrected chi connectivity index (χ2v) is 6.22. The van der Waals surface area contributed by atoms with E-state index >= 15 is 0 Å². The Morgan fingerprint density at radius 3 is 2.60 bits per heavy atom. The zero-order valence-electron chi connectivity index (χ0n) is 14.5. The van der Waals surface area contributed by atoms with Crippen LogP contribution in [0.1, 0.15) is 29.7 Å². The Kier molecular flexibility index (Phi) is 4.61. The van der Waals surface area contributed by atoms with Gasteiger partial charge in [0.1, 0.15) is 12.1 Å². The van der Waals surface area contributed by atoms with E-state index in [9.17, 15) is 9.59 Å². The Balaban J connectivity index is 1.78. The number of fused-ring (bicyclic) bond motifs is 1. The molecule has 0 saturated heterocycles. The Bertz CT molecular complexity index is 977. The maximum Gasteiger partial charge on any atom is 0.278 e. The highest BCUT2D eigenvalue weighted by Crippen LogP contribution is 2.13. The number of aromatic nitrogens is 3. The largest absolute Gasteiger partial charge is 0.348 e. The number of hydrogen-bond donors (Lipinski definition) is 1. The molecular weight excluding hydrogens is 316 g/mol. The minimum atomic E-state index is -0.304. The Labute approximate surface area is 145 Å². The fourth-order valence-corrected chi connectivity index (χ4v) is 2.75. The molecule has 2 aromatic carbocycles. The van der Waals surface area contributed by atoms with Gasteiger partial charge in [0.2, 0.25) is 5.91 Å². The van der Waals surface area contributed by atoms with Crippen LogP contribution in [0, 0.1) is 13.8 Å². The zero-order chi connectivity index (χ0) is 18.0. The highest BCUT2D eigenvalue weighted by molar-refractivity contribution is 5.81. The van der Waals surface area contributed by atoms with Crippen LogP contribution in [0.2, 0.25) is 0 Å². The molecule has 0 aliphatic heterocycles. The highest BCUT2D eigenvalue weighted by Gasteiger charge is 2.13. The molecule has 6 heteroatoms. The molecule has 0 bridgehead atoms. The van der Waals surface area contributed by atoms with E-state index in [1.54, 1.807) is 6.07 Å². The van der Waals surface area contributed by atoms with Gasteiger partial charge >= 0.3 is 0 Å². The average molecular weight is 336 g/mol. The molecule has 3 aromatic rings. The van der Waals surface area contributed by atoms with Crippen molar-refractivity contribution in [3.05, 3.63) is 69.5 Å². The molecule has 1 N–H and O–H groups in total. The van der Waals surface area contributed by atoms with E-state index < -0.39 is 0 Å². The summed E-state index contributed by atoms with van der Waals surface area (Å²) in [7, 11) is 0. The minimum Gasteiger partial charge on any atom is -0.348 e. The number of carbonyl (C=O) groups excluding carboxylic acids is 1. The lowest BCUT2D eigenvalue weighted by Gasteiger charge is -2.15. The summed E-state index contributed by atoms with van der Waals surface area (Å²) in [5.41, 5.74) is 3.22. The highest BCUT2D eigenvalue weighted by atomic mass is 16.2. The van der Waals surface area contributed by atoms with Crippen LogP contribution in [-0.2, 0) is 11.3 Å². The SMILES string of the molecule is Cc1ccc([C@H](C)NC(=O)Cn2nnc3cccc(C)c3c2=O)cc1. The molecule has 1 amide bonds. The number of rotatable bonds is 4. The van der Waals surface area contributed by atoms with Crippen LogP contribution >= 0.6 is 0 Å². The molecule has 1 heterocycles. The lowest BCUT2D eigenvalue weighted by Crippen LogP contribution is -2.35. The predicted molar refractivity (Wildman–Crippen MR) is 96.3 cm³/mol. The third kappa shape index (κ3) is 3.57. The molecule has 1 atom stereocenters. The molecule has 0 aliphatic rings. The van der Waals surface area contributed by atoms with Gasteiger partial charge in [-0.05, 0) is 38.0 Å². The third-order valence-electron chi connectivity index (χ3n) is 4.21. The van der Waals surface area contributed by atoms with Gasteiger partial charge in [-0.15, -0.1) is 5.10 Å². The van der Waals surface area contributed by atoms with E-state index in [1.807, 2.05) is 57.2 Å². The van der Waals surface area contributed by atoms with Crippen molar-refractivity contribution in [2.75, 3.05) is 0 Å². The minimum absolute atomic E-state index is 0.154. The molecule has 128 valence electrons. The number of nitrogens with one attached hydrogen (secondary N) is 1. The first-order chi connectivity index (χ1) is 12.0. The first kappa shape index (κ1) is 16.8. The van der Waals surface area contributed by atoms with Crippen molar-refractivity contribution in [1.29, 1.82) is 0 Å². The first-order valence-electron chi connectivity index (χ1n) is 8.15. The van der Waals surface area contributed by atoms with Crippen molar-refractivity contribution in [2.45, 2.75) is 33.4 Å². The molecule has 0 unspecified atom stereocenters. The molecule has 0 spiro atoms. The van der Waals surface area contributed by atoms with Crippen LogP contribution in [0.3, 0.4) is 0 Å². The molecule has 25 heavy (non-hydrogen) atoms. The Hall–Kier alpha value is -3.02. The zero-order valence-corrected chi connectivity index (χ0v) is 14.5. The quantitative estimate of drug-likeness (QED) is 0.793. The van der Waals surface area contributed by atoms with Gasteiger partial charge in [-0.2, -0.15) is 0 Å². The summed E-state index contributed by atoms with van der Waals surface area (Å²) in [4.78, 5) is 24.9. The van der Waals surface area contributed by atoms with Crippen molar-refractivity contribution in [2.24, 2.45) is 0 Å². The number of aryl methyl sites for hydroxylation is 2. The van der Waals surface area contributed by atoms with E-state index in [0.717, 1.165) is 21.4 Å². The van der Waals surface area contributed by atoms with Gasteiger partial charge < -0.3 is 5.32 Å². The number of benzene rings is 2. The Morgan fingerprint density at radius 1 is 1.16 bits per heavy atom. The maximum atomic E-state index is 12.6. The average Bonchev–Trinajstić information content (AvgIpc) is 2.58. The molecule has 3 rings (SSSR count).